The van der Waals surface area contributed by atoms with Crippen LogP contribution < -0.4 is 15.4 Å². The summed E-state index contributed by atoms with van der Waals surface area (Å²) in [5.74, 6) is 1.80. The van der Waals surface area contributed by atoms with Gasteiger partial charge in [-0.1, -0.05) is 12.1 Å². The zero-order chi connectivity index (χ0) is 13.5. The summed E-state index contributed by atoms with van der Waals surface area (Å²) >= 11 is 0. The van der Waals surface area contributed by atoms with E-state index in [1.54, 1.807) is 0 Å². The van der Waals surface area contributed by atoms with Crippen molar-refractivity contribution in [2.45, 2.75) is 39.3 Å². The minimum Gasteiger partial charge on any atom is -0.491 e. The molecule has 2 N–H and O–H groups in total. The van der Waals surface area contributed by atoms with Crippen molar-refractivity contribution in [3.63, 3.8) is 0 Å². The molecule has 2 rings (SSSR count). The molecule has 0 atom stereocenters. The van der Waals surface area contributed by atoms with Gasteiger partial charge < -0.3 is 15.4 Å². The van der Waals surface area contributed by atoms with Gasteiger partial charge in [-0.3, -0.25) is 0 Å². The van der Waals surface area contributed by atoms with E-state index in [4.69, 9.17) is 4.74 Å². The number of piperidine rings is 1. The van der Waals surface area contributed by atoms with Crippen molar-refractivity contribution in [3.8, 4) is 5.75 Å². The van der Waals surface area contributed by atoms with E-state index in [1.807, 2.05) is 6.07 Å². The third kappa shape index (κ3) is 5.21. The summed E-state index contributed by atoms with van der Waals surface area (Å²) in [6, 6.07) is 8.38. The Balaban J connectivity index is 1.75. The summed E-state index contributed by atoms with van der Waals surface area (Å²) < 4.78 is 5.72. The third-order valence-corrected chi connectivity index (χ3v) is 3.49. The average molecular weight is 262 g/mol. The lowest BCUT2D eigenvalue weighted by molar-refractivity contribution is 0.242. The van der Waals surface area contributed by atoms with Crippen LogP contribution in [0.15, 0.2) is 24.3 Å². The summed E-state index contributed by atoms with van der Waals surface area (Å²) in [6.07, 6.45) is 2.82. The van der Waals surface area contributed by atoms with Crippen LogP contribution in [0.25, 0.3) is 0 Å². The standard InChI is InChI=1S/C16H26N2O/c1-13(2)19-16-5-3-4-15(10-16)12-18-11-14-6-8-17-9-7-14/h3-5,10,13-14,17-18H,6-9,11-12H2,1-2H3. The van der Waals surface area contributed by atoms with Crippen LogP contribution in [0.4, 0.5) is 0 Å². The molecule has 1 aromatic carbocycles. The van der Waals surface area contributed by atoms with Gasteiger partial charge in [-0.25, -0.2) is 0 Å². The number of hydrogen-bond donors (Lipinski definition) is 2. The molecule has 0 saturated carbocycles. The number of benzene rings is 1. The number of nitrogens with one attached hydrogen (secondary N) is 2. The maximum Gasteiger partial charge on any atom is 0.120 e. The van der Waals surface area contributed by atoms with Crippen molar-refractivity contribution >= 4 is 0 Å². The lowest BCUT2D eigenvalue weighted by Gasteiger charge is -2.22. The fourth-order valence-electron chi connectivity index (χ4n) is 2.51. The van der Waals surface area contributed by atoms with E-state index in [0.717, 1.165) is 24.8 Å². The summed E-state index contributed by atoms with van der Waals surface area (Å²) in [5, 5.41) is 6.97. The SMILES string of the molecule is CC(C)Oc1cccc(CNCC2CCNCC2)c1. The molecule has 0 spiro atoms. The highest BCUT2D eigenvalue weighted by molar-refractivity contribution is 5.28. The molecule has 1 aromatic rings. The molecule has 1 heterocycles. The lowest BCUT2D eigenvalue weighted by atomic mass is 9.98. The van der Waals surface area contributed by atoms with Gasteiger partial charge in [0.1, 0.15) is 5.75 Å². The smallest absolute Gasteiger partial charge is 0.120 e. The van der Waals surface area contributed by atoms with Crippen LogP contribution in [0, 0.1) is 5.92 Å². The Morgan fingerprint density at radius 3 is 2.84 bits per heavy atom. The van der Waals surface area contributed by atoms with Gasteiger partial charge in [-0.15, -0.1) is 0 Å². The highest BCUT2D eigenvalue weighted by Gasteiger charge is 2.11. The van der Waals surface area contributed by atoms with Gasteiger partial charge in [0.05, 0.1) is 6.10 Å². The third-order valence-electron chi connectivity index (χ3n) is 3.49. The maximum absolute atomic E-state index is 5.72. The van der Waals surface area contributed by atoms with Crippen LogP contribution >= 0.6 is 0 Å². The second-order valence-corrected chi connectivity index (χ2v) is 5.64. The van der Waals surface area contributed by atoms with Gasteiger partial charge in [-0.05, 0) is 69.9 Å². The van der Waals surface area contributed by atoms with Gasteiger partial charge in [0, 0.05) is 6.54 Å². The summed E-state index contributed by atoms with van der Waals surface area (Å²) in [4.78, 5) is 0. The molecular weight excluding hydrogens is 236 g/mol. The second kappa shape index (κ2) is 7.51. The molecule has 1 saturated heterocycles. The van der Waals surface area contributed by atoms with Gasteiger partial charge in [-0.2, -0.15) is 0 Å². The molecule has 0 amide bonds. The normalized spacial score (nSPS) is 16.8. The van der Waals surface area contributed by atoms with E-state index < -0.39 is 0 Å². The fraction of sp³-hybridized carbons (Fsp3) is 0.625. The first-order valence-electron chi connectivity index (χ1n) is 7.41. The molecule has 3 nitrogen and oxygen atoms in total. The second-order valence-electron chi connectivity index (χ2n) is 5.64. The van der Waals surface area contributed by atoms with Crippen molar-refractivity contribution in [2.24, 2.45) is 5.92 Å². The predicted molar refractivity (Wildman–Crippen MR) is 79.5 cm³/mol. The lowest BCUT2D eigenvalue weighted by Crippen LogP contribution is -2.33. The molecule has 1 aliphatic rings. The topological polar surface area (TPSA) is 33.3 Å². The number of rotatable bonds is 6. The summed E-state index contributed by atoms with van der Waals surface area (Å²) in [6.45, 7) is 8.51. The maximum atomic E-state index is 5.72. The largest absolute Gasteiger partial charge is 0.491 e. The Kier molecular flexibility index (Phi) is 5.67. The number of hydrogen-bond acceptors (Lipinski definition) is 3. The van der Waals surface area contributed by atoms with Crippen LogP contribution in [0.1, 0.15) is 32.3 Å². The molecular formula is C16H26N2O. The van der Waals surface area contributed by atoms with E-state index in [-0.39, 0.29) is 6.10 Å². The highest BCUT2D eigenvalue weighted by atomic mass is 16.5. The first-order chi connectivity index (χ1) is 9.24. The molecule has 1 fully saturated rings. The van der Waals surface area contributed by atoms with Crippen molar-refractivity contribution < 1.29 is 4.74 Å². The Bertz CT molecular complexity index is 373. The quantitative estimate of drug-likeness (QED) is 0.826. The minimum atomic E-state index is 0.234. The Morgan fingerprint density at radius 1 is 1.32 bits per heavy atom. The van der Waals surface area contributed by atoms with E-state index in [0.29, 0.717) is 0 Å². The zero-order valence-electron chi connectivity index (χ0n) is 12.1. The monoisotopic (exact) mass is 262 g/mol. The molecule has 0 aromatic heterocycles. The van der Waals surface area contributed by atoms with Crippen LogP contribution in [0.2, 0.25) is 0 Å². The minimum absolute atomic E-state index is 0.234. The molecule has 0 aliphatic carbocycles. The first-order valence-corrected chi connectivity index (χ1v) is 7.41. The van der Waals surface area contributed by atoms with Crippen LogP contribution in [-0.4, -0.2) is 25.7 Å². The van der Waals surface area contributed by atoms with Crippen molar-refractivity contribution in [1.82, 2.24) is 10.6 Å². The molecule has 106 valence electrons. The van der Waals surface area contributed by atoms with Crippen molar-refractivity contribution in [3.05, 3.63) is 29.8 Å². The van der Waals surface area contributed by atoms with E-state index in [2.05, 4.69) is 42.7 Å². The summed E-state index contributed by atoms with van der Waals surface area (Å²) in [5.41, 5.74) is 1.30. The fourth-order valence-corrected chi connectivity index (χ4v) is 2.51. The van der Waals surface area contributed by atoms with Crippen LogP contribution in [-0.2, 0) is 6.54 Å². The highest BCUT2D eigenvalue weighted by Crippen LogP contribution is 2.15. The molecule has 0 unspecified atom stereocenters. The van der Waals surface area contributed by atoms with Crippen molar-refractivity contribution in [1.29, 1.82) is 0 Å². The molecule has 0 bridgehead atoms. The Hall–Kier alpha value is -1.06. The molecule has 1 aliphatic heterocycles. The first kappa shape index (κ1) is 14.4. The molecule has 3 heteroatoms. The Morgan fingerprint density at radius 2 is 2.11 bits per heavy atom. The van der Waals surface area contributed by atoms with Crippen LogP contribution in [0.3, 0.4) is 0 Å². The van der Waals surface area contributed by atoms with E-state index >= 15 is 0 Å². The van der Waals surface area contributed by atoms with Gasteiger partial charge in [0.2, 0.25) is 0 Å². The van der Waals surface area contributed by atoms with E-state index in [9.17, 15) is 0 Å². The van der Waals surface area contributed by atoms with Crippen LogP contribution in [0.5, 0.6) is 5.75 Å². The van der Waals surface area contributed by atoms with E-state index in [1.165, 1.54) is 31.5 Å². The number of ether oxygens (including phenoxy) is 1. The zero-order valence-corrected chi connectivity index (χ0v) is 12.1. The predicted octanol–water partition coefficient (Wildman–Crippen LogP) is 2.56. The summed E-state index contributed by atoms with van der Waals surface area (Å²) in [7, 11) is 0. The van der Waals surface area contributed by atoms with Gasteiger partial charge in [0.15, 0.2) is 0 Å². The molecule has 0 radical (unpaired) electrons. The average Bonchev–Trinajstić information content (AvgIpc) is 2.40. The Labute approximate surface area is 116 Å². The van der Waals surface area contributed by atoms with Crippen molar-refractivity contribution in [2.75, 3.05) is 19.6 Å². The molecule has 19 heavy (non-hydrogen) atoms. The van der Waals surface area contributed by atoms with Gasteiger partial charge >= 0.3 is 0 Å². The van der Waals surface area contributed by atoms with Gasteiger partial charge in [0.25, 0.3) is 0 Å².